The SMILES string of the molecule is C=CC[C@H](C)[C@H](O)CC(=O)C(C)(C)[C@@H](O)CC(C)=O. The average molecular weight is 270 g/mol. The summed E-state index contributed by atoms with van der Waals surface area (Å²) in [7, 11) is 0. The molecule has 0 aliphatic carbocycles. The first-order valence-corrected chi connectivity index (χ1v) is 6.62. The van der Waals surface area contributed by atoms with Crippen molar-refractivity contribution in [2.45, 2.75) is 59.2 Å². The molecule has 0 bridgehead atoms. The lowest BCUT2D eigenvalue weighted by Crippen LogP contribution is -2.40. The molecule has 0 aromatic heterocycles. The molecule has 0 aliphatic heterocycles. The molecule has 0 amide bonds. The molecule has 19 heavy (non-hydrogen) atoms. The average Bonchev–Trinajstić information content (AvgIpc) is 2.27. The predicted octanol–water partition coefficient (Wildman–Crippen LogP) is 1.88. The van der Waals surface area contributed by atoms with Crippen LogP contribution in [0.15, 0.2) is 12.7 Å². The molecule has 0 aromatic carbocycles. The molecule has 0 fully saturated rings. The highest BCUT2D eigenvalue weighted by Gasteiger charge is 2.37. The molecule has 0 aliphatic rings. The Balaban J connectivity index is 4.62. The van der Waals surface area contributed by atoms with Crippen molar-refractivity contribution in [3.8, 4) is 0 Å². The minimum atomic E-state index is -1.03. The molecule has 0 rings (SSSR count). The van der Waals surface area contributed by atoms with Crippen molar-refractivity contribution in [2.24, 2.45) is 11.3 Å². The molecular formula is C15H26O4. The molecule has 3 atom stereocenters. The van der Waals surface area contributed by atoms with E-state index in [1.807, 2.05) is 6.92 Å². The predicted molar refractivity (Wildman–Crippen MR) is 74.7 cm³/mol. The third-order valence-corrected chi connectivity index (χ3v) is 3.62. The monoisotopic (exact) mass is 270 g/mol. The van der Waals surface area contributed by atoms with Gasteiger partial charge >= 0.3 is 0 Å². The summed E-state index contributed by atoms with van der Waals surface area (Å²) in [5, 5.41) is 19.9. The molecule has 0 spiro atoms. The fraction of sp³-hybridized carbons (Fsp3) is 0.733. The molecule has 0 radical (unpaired) electrons. The second-order valence-corrected chi connectivity index (χ2v) is 5.84. The fourth-order valence-corrected chi connectivity index (χ4v) is 1.79. The number of hydrogen-bond donors (Lipinski definition) is 2. The van der Waals surface area contributed by atoms with E-state index in [-0.39, 0.29) is 30.3 Å². The van der Waals surface area contributed by atoms with Gasteiger partial charge in [-0.25, -0.2) is 0 Å². The molecule has 0 unspecified atom stereocenters. The fourth-order valence-electron chi connectivity index (χ4n) is 1.79. The minimum absolute atomic E-state index is 0.0169. The highest BCUT2D eigenvalue weighted by Crippen LogP contribution is 2.28. The Bertz CT molecular complexity index is 333. The van der Waals surface area contributed by atoms with E-state index in [9.17, 15) is 19.8 Å². The van der Waals surface area contributed by atoms with Crippen LogP contribution in [0.1, 0.15) is 47.0 Å². The Hall–Kier alpha value is -1.00. The number of carbonyl (C=O) groups excluding carboxylic acids is 2. The number of carbonyl (C=O) groups is 2. The van der Waals surface area contributed by atoms with Crippen molar-refractivity contribution in [3.63, 3.8) is 0 Å². The molecule has 0 saturated heterocycles. The number of ketones is 2. The van der Waals surface area contributed by atoms with Crippen LogP contribution in [0.5, 0.6) is 0 Å². The van der Waals surface area contributed by atoms with E-state index in [0.29, 0.717) is 6.42 Å². The van der Waals surface area contributed by atoms with Crippen molar-refractivity contribution in [3.05, 3.63) is 12.7 Å². The zero-order valence-corrected chi connectivity index (χ0v) is 12.3. The van der Waals surface area contributed by atoms with Crippen LogP contribution < -0.4 is 0 Å². The van der Waals surface area contributed by atoms with Crippen molar-refractivity contribution in [1.82, 2.24) is 0 Å². The summed E-state index contributed by atoms with van der Waals surface area (Å²) in [6.45, 7) is 10.0. The molecule has 110 valence electrons. The lowest BCUT2D eigenvalue weighted by molar-refractivity contribution is -0.137. The molecular weight excluding hydrogens is 244 g/mol. The topological polar surface area (TPSA) is 74.6 Å². The van der Waals surface area contributed by atoms with Crippen LogP contribution in [-0.2, 0) is 9.59 Å². The van der Waals surface area contributed by atoms with E-state index in [4.69, 9.17) is 0 Å². The lowest BCUT2D eigenvalue weighted by Gasteiger charge is -2.30. The van der Waals surface area contributed by atoms with Gasteiger partial charge in [0.1, 0.15) is 11.6 Å². The summed E-state index contributed by atoms with van der Waals surface area (Å²) in [6.07, 6.45) is 0.501. The Labute approximate surface area is 115 Å². The first-order chi connectivity index (χ1) is 8.62. The standard InChI is InChI=1S/C15H26O4/c1-6-7-10(2)12(17)9-14(19)15(4,5)13(18)8-11(3)16/h6,10,12-13,17-18H,1,7-9H2,2-5H3/t10-,12+,13-/m0/s1. The Morgan fingerprint density at radius 2 is 1.79 bits per heavy atom. The van der Waals surface area contributed by atoms with Crippen molar-refractivity contribution < 1.29 is 19.8 Å². The van der Waals surface area contributed by atoms with Gasteiger partial charge in [0.15, 0.2) is 0 Å². The van der Waals surface area contributed by atoms with E-state index in [2.05, 4.69) is 6.58 Å². The van der Waals surface area contributed by atoms with Gasteiger partial charge in [0.05, 0.1) is 12.2 Å². The highest BCUT2D eigenvalue weighted by atomic mass is 16.3. The maximum atomic E-state index is 12.1. The normalized spacial score (nSPS) is 16.5. The van der Waals surface area contributed by atoms with E-state index >= 15 is 0 Å². The summed E-state index contributed by atoms with van der Waals surface area (Å²) < 4.78 is 0. The van der Waals surface area contributed by atoms with Gasteiger partial charge in [0.25, 0.3) is 0 Å². The van der Waals surface area contributed by atoms with Gasteiger partial charge in [-0.05, 0) is 19.3 Å². The number of hydrogen-bond acceptors (Lipinski definition) is 4. The number of Topliss-reactive ketones (excluding diaryl/α,β-unsaturated/α-hetero) is 2. The zero-order valence-electron chi connectivity index (χ0n) is 12.3. The maximum Gasteiger partial charge on any atom is 0.143 e. The molecule has 0 heterocycles. The third kappa shape index (κ3) is 5.66. The Morgan fingerprint density at radius 1 is 1.26 bits per heavy atom. The van der Waals surface area contributed by atoms with Crippen LogP contribution in [-0.4, -0.2) is 34.0 Å². The van der Waals surface area contributed by atoms with E-state index in [1.165, 1.54) is 6.92 Å². The second-order valence-electron chi connectivity index (χ2n) is 5.84. The van der Waals surface area contributed by atoms with Crippen molar-refractivity contribution in [1.29, 1.82) is 0 Å². The van der Waals surface area contributed by atoms with E-state index in [0.717, 1.165) is 0 Å². The molecule has 0 aromatic rings. The minimum Gasteiger partial charge on any atom is -0.392 e. The van der Waals surface area contributed by atoms with Crippen molar-refractivity contribution in [2.75, 3.05) is 0 Å². The third-order valence-electron chi connectivity index (χ3n) is 3.62. The van der Waals surface area contributed by atoms with Crippen molar-refractivity contribution >= 4 is 11.6 Å². The molecule has 2 N–H and O–H groups in total. The molecule has 0 saturated carbocycles. The quantitative estimate of drug-likeness (QED) is 0.627. The Morgan fingerprint density at radius 3 is 2.21 bits per heavy atom. The second kappa shape index (κ2) is 7.56. The highest BCUT2D eigenvalue weighted by molar-refractivity contribution is 5.86. The summed E-state index contributed by atoms with van der Waals surface area (Å²) in [5.41, 5.74) is -1.03. The van der Waals surface area contributed by atoms with Gasteiger partial charge in [-0.15, -0.1) is 6.58 Å². The van der Waals surface area contributed by atoms with Gasteiger partial charge in [0, 0.05) is 18.3 Å². The summed E-state index contributed by atoms with van der Waals surface area (Å²) in [4.78, 5) is 23.2. The van der Waals surface area contributed by atoms with Crippen LogP contribution in [0.3, 0.4) is 0 Å². The number of aliphatic hydroxyl groups excluding tert-OH is 2. The summed E-state index contributed by atoms with van der Waals surface area (Å²) in [6, 6.07) is 0. The molecule has 4 heteroatoms. The first kappa shape index (κ1) is 18.0. The number of rotatable bonds is 9. The van der Waals surface area contributed by atoms with Crippen LogP contribution in [0.4, 0.5) is 0 Å². The van der Waals surface area contributed by atoms with E-state index < -0.39 is 17.6 Å². The van der Waals surface area contributed by atoms with Gasteiger partial charge in [-0.2, -0.15) is 0 Å². The van der Waals surface area contributed by atoms with Crippen LogP contribution in [0.2, 0.25) is 0 Å². The number of aliphatic hydroxyl groups is 2. The van der Waals surface area contributed by atoms with Gasteiger partial charge < -0.3 is 10.2 Å². The molecule has 4 nitrogen and oxygen atoms in total. The Kier molecular flexibility index (Phi) is 7.16. The van der Waals surface area contributed by atoms with Gasteiger partial charge in [0.2, 0.25) is 0 Å². The smallest absolute Gasteiger partial charge is 0.143 e. The van der Waals surface area contributed by atoms with Crippen LogP contribution >= 0.6 is 0 Å². The van der Waals surface area contributed by atoms with Crippen LogP contribution in [0, 0.1) is 11.3 Å². The summed E-state index contributed by atoms with van der Waals surface area (Å²) >= 11 is 0. The van der Waals surface area contributed by atoms with E-state index in [1.54, 1.807) is 19.9 Å². The lowest BCUT2D eigenvalue weighted by atomic mass is 9.77. The largest absolute Gasteiger partial charge is 0.392 e. The van der Waals surface area contributed by atoms with Crippen LogP contribution in [0.25, 0.3) is 0 Å². The van der Waals surface area contributed by atoms with Gasteiger partial charge in [-0.3, -0.25) is 9.59 Å². The van der Waals surface area contributed by atoms with Gasteiger partial charge in [-0.1, -0.05) is 26.8 Å². The maximum absolute atomic E-state index is 12.1. The number of allylic oxidation sites excluding steroid dienone is 1. The first-order valence-electron chi connectivity index (χ1n) is 6.62. The summed E-state index contributed by atoms with van der Waals surface area (Å²) in [5.74, 6) is -0.444. The zero-order chi connectivity index (χ0) is 15.2.